The second kappa shape index (κ2) is 4.67. The molecule has 3 heteroatoms. The third-order valence-electron chi connectivity index (χ3n) is 2.73. The molecule has 0 atom stereocenters. The minimum Gasteiger partial charge on any atom is -0.378 e. The highest BCUT2D eigenvalue weighted by Crippen LogP contribution is 2.28. The van der Waals surface area contributed by atoms with Crippen LogP contribution in [0.2, 0.25) is 10.0 Å². The largest absolute Gasteiger partial charge is 0.378 e. The molecule has 1 aliphatic rings. The van der Waals surface area contributed by atoms with Crippen molar-refractivity contribution in [3.63, 3.8) is 0 Å². The van der Waals surface area contributed by atoms with E-state index in [0.717, 1.165) is 31.2 Å². The van der Waals surface area contributed by atoms with Gasteiger partial charge in [-0.3, -0.25) is 0 Å². The van der Waals surface area contributed by atoms with Gasteiger partial charge in [-0.15, -0.1) is 0 Å². The molecule has 0 bridgehead atoms. The number of benzene rings is 1. The van der Waals surface area contributed by atoms with Crippen LogP contribution in [0.25, 0.3) is 0 Å². The van der Waals surface area contributed by atoms with Crippen molar-refractivity contribution >= 4 is 23.2 Å². The summed E-state index contributed by atoms with van der Waals surface area (Å²) in [6, 6.07) is 5.16. The minimum atomic E-state index is -0.811. The van der Waals surface area contributed by atoms with E-state index in [4.69, 9.17) is 23.2 Å². The summed E-state index contributed by atoms with van der Waals surface area (Å²) < 4.78 is 0. The van der Waals surface area contributed by atoms with Crippen molar-refractivity contribution < 1.29 is 5.11 Å². The standard InChI is InChI=1S/C13H12Cl2O/c14-11-7-10(8-12(15)9-11)3-6-13(16)4-1-2-5-13/h7-9,16H,1-2,4-5H2. The lowest BCUT2D eigenvalue weighted by Crippen LogP contribution is -2.20. The van der Waals surface area contributed by atoms with E-state index >= 15 is 0 Å². The first-order valence-electron chi connectivity index (χ1n) is 5.29. The first-order valence-corrected chi connectivity index (χ1v) is 6.05. The van der Waals surface area contributed by atoms with Gasteiger partial charge in [0.05, 0.1) is 0 Å². The Hall–Kier alpha value is -0.680. The smallest absolute Gasteiger partial charge is 0.125 e. The molecule has 1 aromatic rings. The van der Waals surface area contributed by atoms with Gasteiger partial charge in [-0.05, 0) is 43.9 Å². The fraction of sp³-hybridized carbons (Fsp3) is 0.385. The first-order chi connectivity index (χ1) is 7.57. The highest BCUT2D eigenvalue weighted by atomic mass is 35.5. The van der Waals surface area contributed by atoms with Gasteiger partial charge < -0.3 is 5.11 Å². The molecule has 2 rings (SSSR count). The van der Waals surface area contributed by atoms with Crippen LogP contribution in [0.4, 0.5) is 0 Å². The van der Waals surface area contributed by atoms with Crippen molar-refractivity contribution in [1.82, 2.24) is 0 Å². The van der Waals surface area contributed by atoms with Crippen molar-refractivity contribution in [1.29, 1.82) is 0 Å². The average Bonchev–Trinajstić information content (AvgIpc) is 2.62. The number of aliphatic hydroxyl groups is 1. The van der Waals surface area contributed by atoms with Crippen molar-refractivity contribution in [2.24, 2.45) is 0 Å². The molecule has 0 aromatic heterocycles. The third kappa shape index (κ3) is 2.92. The Morgan fingerprint density at radius 1 is 1.06 bits per heavy atom. The van der Waals surface area contributed by atoms with E-state index in [9.17, 15) is 5.11 Å². The molecule has 0 aliphatic heterocycles. The lowest BCUT2D eigenvalue weighted by molar-refractivity contribution is 0.110. The molecule has 0 saturated heterocycles. The molecule has 1 fully saturated rings. The Balaban J connectivity index is 2.23. The fourth-order valence-electron chi connectivity index (χ4n) is 1.90. The van der Waals surface area contributed by atoms with Gasteiger partial charge in [-0.25, -0.2) is 0 Å². The van der Waals surface area contributed by atoms with Gasteiger partial charge in [0.15, 0.2) is 0 Å². The Kier molecular flexibility index (Phi) is 3.44. The molecule has 1 N–H and O–H groups in total. The van der Waals surface area contributed by atoms with E-state index in [1.165, 1.54) is 0 Å². The molecule has 1 aromatic carbocycles. The van der Waals surface area contributed by atoms with Crippen molar-refractivity contribution in [3.05, 3.63) is 33.8 Å². The molecule has 0 radical (unpaired) electrons. The van der Waals surface area contributed by atoms with E-state index in [1.54, 1.807) is 18.2 Å². The second-order valence-electron chi connectivity index (χ2n) is 4.15. The summed E-state index contributed by atoms with van der Waals surface area (Å²) in [5.41, 5.74) is -0.0627. The van der Waals surface area contributed by atoms with Crippen LogP contribution in [0.3, 0.4) is 0 Å². The van der Waals surface area contributed by atoms with Gasteiger partial charge in [-0.2, -0.15) is 0 Å². The first kappa shape index (κ1) is 11.8. The Labute approximate surface area is 105 Å². The van der Waals surface area contributed by atoms with Gasteiger partial charge in [0.25, 0.3) is 0 Å². The van der Waals surface area contributed by atoms with E-state index in [1.807, 2.05) is 0 Å². The van der Waals surface area contributed by atoms with Crippen LogP contribution in [0.1, 0.15) is 31.2 Å². The topological polar surface area (TPSA) is 20.2 Å². The zero-order valence-electron chi connectivity index (χ0n) is 8.76. The van der Waals surface area contributed by atoms with Gasteiger partial charge in [0, 0.05) is 15.6 Å². The summed E-state index contributed by atoms with van der Waals surface area (Å²) in [7, 11) is 0. The lowest BCUT2D eigenvalue weighted by atomic mass is 10.0. The summed E-state index contributed by atoms with van der Waals surface area (Å²) in [5, 5.41) is 11.2. The van der Waals surface area contributed by atoms with Crippen LogP contribution < -0.4 is 0 Å². The number of halogens is 2. The second-order valence-corrected chi connectivity index (χ2v) is 5.02. The van der Waals surface area contributed by atoms with Crippen LogP contribution in [0, 0.1) is 11.8 Å². The number of hydrogen-bond acceptors (Lipinski definition) is 1. The molecule has 84 valence electrons. The predicted molar refractivity (Wildman–Crippen MR) is 66.8 cm³/mol. The molecule has 16 heavy (non-hydrogen) atoms. The Morgan fingerprint density at radius 2 is 1.62 bits per heavy atom. The SMILES string of the molecule is OC1(C#Cc2cc(Cl)cc(Cl)c2)CCCC1. The highest BCUT2D eigenvalue weighted by molar-refractivity contribution is 6.34. The minimum absolute atomic E-state index is 0.565. The summed E-state index contributed by atoms with van der Waals surface area (Å²) in [5.74, 6) is 5.86. The fourth-order valence-corrected chi connectivity index (χ4v) is 2.43. The molecule has 1 saturated carbocycles. The Bertz CT molecular complexity index is 430. The van der Waals surface area contributed by atoms with Gasteiger partial charge in [-0.1, -0.05) is 35.0 Å². The summed E-state index contributed by atoms with van der Waals surface area (Å²) in [4.78, 5) is 0. The molecular weight excluding hydrogens is 243 g/mol. The van der Waals surface area contributed by atoms with Crippen LogP contribution >= 0.6 is 23.2 Å². The zero-order valence-corrected chi connectivity index (χ0v) is 10.3. The normalized spacial score (nSPS) is 17.9. The lowest BCUT2D eigenvalue weighted by Gasteiger charge is -2.12. The van der Waals surface area contributed by atoms with Crippen molar-refractivity contribution in [3.8, 4) is 11.8 Å². The molecular formula is C13H12Cl2O. The average molecular weight is 255 g/mol. The van der Waals surface area contributed by atoms with Gasteiger partial charge >= 0.3 is 0 Å². The van der Waals surface area contributed by atoms with Crippen LogP contribution in [-0.2, 0) is 0 Å². The maximum absolute atomic E-state index is 10.1. The van der Waals surface area contributed by atoms with E-state index in [0.29, 0.717) is 10.0 Å². The molecule has 1 aliphatic carbocycles. The van der Waals surface area contributed by atoms with Crippen molar-refractivity contribution in [2.75, 3.05) is 0 Å². The van der Waals surface area contributed by atoms with Crippen LogP contribution in [0.5, 0.6) is 0 Å². The van der Waals surface area contributed by atoms with Gasteiger partial charge in [0.1, 0.15) is 5.60 Å². The van der Waals surface area contributed by atoms with E-state index in [-0.39, 0.29) is 0 Å². The maximum Gasteiger partial charge on any atom is 0.125 e. The summed E-state index contributed by atoms with van der Waals surface area (Å²) in [6.45, 7) is 0. The Morgan fingerprint density at radius 3 is 2.19 bits per heavy atom. The molecule has 1 nitrogen and oxygen atoms in total. The highest BCUT2D eigenvalue weighted by Gasteiger charge is 2.28. The maximum atomic E-state index is 10.1. The summed E-state index contributed by atoms with van der Waals surface area (Å²) >= 11 is 11.7. The van der Waals surface area contributed by atoms with Crippen LogP contribution in [0.15, 0.2) is 18.2 Å². The molecule has 0 heterocycles. The number of rotatable bonds is 0. The molecule has 0 amide bonds. The van der Waals surface area contributed by atoms with Gasteiger partial charge in [0.2, 0.25) is 0 Å². The third-order valence-corrected chi connectivity index (χ3v) is 3.17. The van der Waals surface area contributed by atoms with E-state index in [2.05, 4.69) is 11.8 Å². The number of hydrogen-bond donors (Lipinski definition) is 1. The molecule has 0 unspecified atom stereocenters. The van der Waals surface area contributed by atoms with Crippen molar-refractivity contribution in [2.45, 2.75) is 31.3 Å². The molecule has 0 spiro atoms. The monoisotopic (exact) mass is 254 g/mol. The van der Waals surface area contributed by atoms with E-state index < -0.39 is 5.60 Å². The predicted octanol–water partition coefficient (Wildman–Crippen LogP) is 3.65. The quantitative estimate of drug-likeness (QED) is 0.701. The summed E-state index contributed by atoms with van der Waals surface area (Å²) in [6.07, 6.45) is 3.60. The van der Waals surface area contributed by atoms with Crippen LogP contribution in [-0.4, -0.2) is 10.7 Å². The zero-order chi connectivity index (χ0) is 11.6.